The van der Waals surface area contributed by atoms with E-state index in [1.165, 1.54) is 23.3 Å². The van der Waals surface area contributed by atoms with Gasteiger partial charge in [-0.15, -0.1) is 0 Å². The summed E-state index contributed by atoms with van der Waals surface area (Å²) in [6.07, 6.45) is 4.26. The van der Waals surface area contributed by atoms with E-state index in [1.807, 2.05) is 20.8 Å². The Morgan fingerprint density at radius 2 is 1.96 bits per heavy atom. The predicted octanol–water partition coefficient (Wildman–Crippen LogP) is 1.98. The summed E-state index contributed by atoms with van der Waals surface area (Å²) in [4.78, 5) is 40.6. The molecule has 1 aliphatic rings. The van der Waals surface area contributed by atoms with Crippen LogP contribution in [0.3, 0.4) is 0 Å². The average molecular weight is 365 g/mol. The first-order valence-corrected chi connectivity index (χ1v) is 8.22. The first-order valence-electron chi connectivity index (χ1n) is 8.22. The van der Waals surface area contributed by atoms with Gasteiger partial charge in [0.05, 0.1) is 23.2 Å². The Kier molecular flexibility index (Phi) is 4.52. The van der Waals surface area contributed by atoms with E-state index in [9.17, 15) is 9.59 Å². The molecule has 3 heterocycles. The fourth-order valence-corrected chi connectivity index (χ4v) is 2.24. The lowest BCUT2D eigenvalue weighted by Gasteiger charge is -2.14. The van der Waals surface area contributed by atoms with Gasteiger partial charge in [0.15, 0.2) is 0 Å². The van der Waals surface area contributed by atoms with Crippen LogP contribution in [0, 0.1) is 0 Å². The lowest BCUT2D eigenvalue weighted by molar-refractivity contribution is -0.113. The maximum atomic E-state index is 12.5. The summed E-state index contributed by atoms with van der Waals surface area (Å²) in [5, 5.41) is 7.22. The molecule has 0 saturated heterocycles. The van der Waals surface area contributed by atoms with Crippen LogP contribution >= 0.6 is 0 Å². The van der Waals surface area contributed by atoms with Gasteiger partial charge in [0.2, 0.25) is 0 Å². The first kappa shape index (κ1) is 18.3. The number of aromatic nitrogens is 4. The molecule has 0 fully saturated rings. The van der Waals surface area contributed by atoms with E-state index in [1.54, 1.807) is 13.0 Å². The lowest BCUT2D eigenvalue weighted by Crippen LogP contribution is -2.25. The van der Waals surface area contributed by atoms with Crippen LogP contribution in [-0.4, -0.2) is 43.2 Å². The number of amides is 2. The van der Waals surface area contributed by atoms with Gasteiger partial charge < -0.3 is 5.32 Å². The normalized spacial score (nSPS) is 14.7. The molecule has 0 radical (unpaired) electrons. The average Bonchev–Trinajstić information content (AvgIpc) is 3.04. The molecule has 27 heavy (non-hydrogen) atoms. The van der Waals surface area contributed by atoms with Crippen molar-refractivity contribution in [2.75, 3.05) is 5.32 Å². The summed E-state index contributed by atoms with van der Waals surface area (Å²) in [5.74, 6) is -0.560. The molecule has 0 bridgehead atoms. The highest BCUT2D eigenvalue weighted by Gasteiger charge is 2.26. The summed E-state index contributed by atoms with van der Waals surface area (Å²) in [7, 11) is 0. The second-order valence-corrected chi connectivity index (χ2v) is 7.01. The fourth-order valence-electron chi connectivity index (χ4n) is 2.24. The van der Waals surface area contributed by atoms with Gasteiger partial charge in [0.1, 0.15) is 11.5 Å². The van der Waals surface area contributed by atoms with Crippen molar-refractivity contribution in [2.45, 2.75) is 33.1 Å². The van der Waals surface area contributed by atoms with Crippen molar-refractivity contribution in [3.05, 3.63) is 48.2 Å². The Balaban J connectivity index is 2.04. The van der Waals surface area contributed by atoms with Crippen LogP contribution in [0.15, 0.2) is 46.8 Å². The van der Waals surface area contributed by atoms with E-state index in [4.69, 9.17) is 0 Å². The number of rotatable bonds is 2. The van der Waals surface area contributed by atoms with E-state index in [2.05, 4.69) is 36.9 Å². The van der Waals surface area contributed by atoms with Crippen LogP contribution in [0.4, 0.5) is 5.82 Å². The van der Waals surface area contributed by atoms with E-state index in [-0.39, 0.29) is 22.6 Å². The number of anilines is 1. The van der Waals surface area contributed by atoms with Gasteiger partial charge in [-0.25, -0.2) is 9.98 Å². The third kappa shape index (κ3) is 3.71. The third-order valence-corrected chi connectivity index (χ3v) is 3.87. The van der Waals surface area contributed by atoms with Gasteiger partial charge in [0.25, 0.3) is 17.8 Å². The molecule has 2 amide bonds. The highest BCUT2D eigenvalue weighted by molar-refractivity contribution is 6.28. The van der Waals surface area contributed by atoms with Gasteiger partial charge in [-0.2, -0.15) is 14.8 Å². The minimum absolute atomic E-state index is 0.0647. The summed E-state index contributed by atoms with van der Waals surface area (Å²) >= 11 is 0. The van der Waals surface area contributed by atoms with Crippen molar-refractivity contribution in [1.29, 1.82) is 0 Å². The summed E-state index contributed by atoms with van der Waals surface area (Å²) in [5.41, 5.74) is 1.23. The molecule has 0 unspecified atom stereocenters. The number of hydrogen-bond donors (Lipinski definition) is 1. The van der Waals surface area contributed by atoms with Gasteiger partial charge in [-0.3, -0.25) is 14.6 Å². The molecule has 0 saturated carbocycles. The van der Waals surface area contributed by atoms with Crippen molar-refractivity contribution in [2.24, 2.45) is 9.98 Å². The minimum Gasteiger partial charge on any atom is -0.305 e. The first-order chi connectivity index (χ1) is 12.7. The van der Waals surface area contributed by atoms with Crippen LogP contribution < -0.4 is 5.32 Å². The van der Waals surface area contributed by atoms with Crippen LogP contribution in [0.5, 0.6) is 0 Å². The fraction of sp³-hybridized carbons (Fsp3) is 0.278. The van der Waals surface area contributed by atoms with Crippen molar-refractivity contribution in [3.63, 3.8) is 0 Å². The predicted molar refractivity (Wildman–Crippen MR) is 101 cm³/mol. The molecule has 0 atom stereocenters. The minimum atomic E-state index is -0.489. The van der Waals surface area contributed by atoms with E-state index >= 15 is 0 Å². The quantitative estimate of drug-likeness (QED) is 0.817. The largest absolute Gasteiger partial charge is 0.305 e. The molecule has 3 rings (SSSR count). The number of aliphatic imine (C=N–C) groups is 2. The van der Waals surface area contributed by atoms with Crippen LogP contribution in [-0.2, 0) is 10.2 Å². The standard InChI is InChI=1S/C18H19N7O2/c1-10-11(2)21-17(23-15(10)26)25-14(8-13(24-25)18(3,4)5)22-16(27)12-9-19-6-7-20-12/h6-9H,1H2,2-5H3,(H,22,27). The molecule has 138 valence electrons. The second-order valence-electron chi connectivity index (χ2n) is 7.01. The zero-order chi connectivity index (χ0) is 19.8. The zero-order valence-corrected chi connectivity index (χ0v) is 15.5. The van der Waals surface area contributed by atoms with Gasteiger partial charge in [0, 0.05) is 23.9 Å². The number of nitrogens with zero attached hydrogens (tertiary/aromatic N) is 6. The van der Waals surface area contributed by atoms with E-state index in [0.717, 1.165) is 0 Å². The molecule has 2 aromatic rings. The molecule has 1 N–H and O–H groups in total. The van der Waals surface area contributed by atoms with Gasteiger partial charge in [-0.05, 0) is 6.92 Å². The zero-order valence-electron chi connectivity index (χ0n) is 15.5. The van der Waals surface area contributed by atoms with Gasteiger partial charge >= 0.3 is 0 Å². The number of carbonyl (C=O) groups excluding carboxylic acids is 2. The Morgan fingerprint density at radius 3 is 2.56 bits per heavy atom. The third-order valence-electron chi connectivity index (χ3n) is 3.87. The Morgan fingerprint density at radius 1 is 1.22 bits per heavy atom. The van der Waals surface area contributed by atoms with Crippen LogP contribution in [0.25, 0.3) is 0 Å². The topological polar surface area (TPSA) is 114 Å². The maximum Gasteiger partial charge on any atom is 0.281 e. The molecule has 0 aromatic carbocycles. The Hall–Kier alpha value is -3.49. The molecule has 9 nitrogen and oxygen atoms in total. The molecular weight excluding hydrogens is 346 g/mol. The number of hydrogen-bond acceptors (Lipinski definition) is 6. The highest BCUT2D eigenvalue weighted by atomic mass is 16.2. The molecule has 0 aliphatic carbocycles. The molecular formula is C18H19N7O2. The van der Waals surface area contributed by atoms with E-state index < -0.39 is 11.8 Å². The number of carbonyl (C=O) groups is 2. The lowest BCUT2D eigenvalue weighted by atomic mass is 9.92. The molecule has 1 aliphatic heterocycles. The van der Waals surface area contributed by atoms with Crippen LogP contribution in [0.2, 0.25) is 0 Å². The van der Waals surface area contributed by atoms with Crippen molar-refractivity contribution < 1.29 is 9.59 Å². The molecule has 9 heteroatoms. The smallest absolute Gasteiger partial charge is 0.281 e. The number of nitrogens with one attached hydrogen (secondary N) is 1. The van der Waals surface area contributed by atoms with Crippen molar-refractivity contribution in [3.8, 4) is 0 Å². The SMILES string of the molecule is C=C1C(=O)N=C(n2nc(C(C)(C)C)cc2NC(=O)c2cnccn2)N=C1C. The van der Waals surface area contributed by atoms with Crippen LogP contribution in [0.1, 0.15) is 43.9 Å². The molecule has 0 spiro atoms. The van der Waals surface area contributed by atoms with Crippen molar-refractivity contribution >= 4 is 29.3 Å². The monoisotopic (exact) mass is 365 g/mol. The Labute approximate surface area is 156 Å². The summed E-state index contributed by atoms with van der Waals surface area (Å²) in [6.45, 7) is 11.3. The maximum absolute atomic E-state index is 12.5. The second kappa shape index (κ2) is 6.67. The summed E-state index contributed by atoms with van der Waals surface area (Å²) < 4.78 is 1.34. The molecule has 2 aromatic heterocycles. The highest BCUT2D eigenvalue weighted by Crippen LogP contribution is 2.25. The summed E-state index contributed by atoms with van der Waals surface area (Å²) in [6, 6.07) is 1.72. The van der Waals surface area contributed by atoms with Gasteiger partial charge in [-0.1, -0.05) is 27.4 Å². The van der Waals surface area contributed by atoms with Crippen molar-refractivity contribution in [1.82, 2.24) is 19.7 Å². The van der Waals surface area contributed by atoms with E-state index in [0.29, 0.717) is 17.2 Å². The Bertz CT molecular complexity index is 994.